The third-order valence-corrected chi connectivity index (χ3v) is 4.91. The maximum absolute atomic E-state index is 13.4. The fourth-order valence-electron chi connectivity index (χ4n) is 3.56. The van der Waals surface area contributed by atoms with Gasteiger partial charge in [-0.15, -0.1) is 0 Å². The van der Waals surface area contributed by atoms with Crippen LogP contribution in [0.25, 0.3) is 0 Å². The van der Waals surface area contributed by atoms with Gasteiger partial charge >= 0.3 is 0 Å². The third-order valence-electron chi connectivity index (χ3n) is 4.91. The van der Waals surface area contributed by atoms with Crippen molar-refractivity contribution in [3.05, 3.63) is 66.2 Å². The van der Waals surface area contributed by atoms with Gasteiger partial charge in [0, 0.05) is 25.2 Å². The largest absolute Gasteiger partial charge is 0.308 e. The fourth-order valence-corrected chi connectivity index (χ4v) is 3.56. The van der Waals surface area contributed by atoms with E-state index in [0.717, 1.165) is 43.7 Å². The van der Waals surface area contributed by atoms with E-state index in [-0.39, 0.29) is 11.8 Å². The zero-order valence-electron chi connectivity index (χ0n) is 15.1. The summed E-state index contributed by atoms with van der Waals surface area (Å²) in [4.78, 5) is 17.5. The molecule has 2 aromatic carbocycles. The van der Waals surface area contributed by atoms with Gasteiger partial charge in [0.2, 0.25) is 5.91 Å². The molecule has 134 valence electrons. The summed E-state index contributed by atoms with van der Waals surface area (Å²) < 4.78 is 0. The minimum Gasteiger partial charge on any atom is -0.308 e. The smallest absolute Gasteiger partial charge is 0.231 e. The van der Waals surface area contributed by atoms with Crippen LogP contribution in [0.5, 0.6) is 0 Å². The van der Waals surface area contributed by atoms with Gasteiger partial charge in [-0.1, -0.05) is 48.5 Å². The number of carbonyl (C=O) groups is 1. The molecule has 3 rings (SSSR count). The van der Waals surface area contributed by atoms with Gasteiger partial charge in [-0.25, -0.2) is 0 Å². The van der Waals surface area contributed by atoms with E-state index in [2.05, 4.69) is 23.1 Å². The summed E-state index contributed by atoms with van der Waals surface area (Å²) in [6.45, 7) is 3.07. The van der Waals surface area contributed by atoms with Gasteiger partial charge in [-0.2, -0.15) is 5.26 Å². The van der Waals surface area contributed by atoms with Crippen molar-refractivity contribution in [3.8, 4) is 6.07 Å². The van der Waals surface area contributed by atoms with Crippen molar-refractivity contribution in [2.24, 2.45) is 5.92 Å². The highest BCUT2D eigenvalue weighted by Gasteiger charge is 2.29. The molecule has 0 aromatic heterocycles. The van der Waals surface area contributed by atoms with Crippen LogP contribution in [-0.2, 0) is 11.3 Å². The quantitative estimate of drug-likeness (QED) is 0.797. The Morgan fingerprint density at radius 2 is 1.81 bits per heavy atom. The van der Waals surface area contributed by atoms with E-state index in [4.69, 9.17) is 5.26 Å². The molecule has 4 nitrogen and oxygen atoms in total. The highest BCUT2D eigenvalue weighted by atomic mass is 16.2. The van der Waals surface area contributed by atoms with Gasteiger partial charge in [0.15, 0.2) is 0 Å². The Kier molecular flexibility index (Phi) is 6.40. The summed E-state index contributed by atoms with van der Waals surface area (Å²) in [7, 11) is 0. The first-order valence-electron chi connectivity index (χ1n) is 9.27. The lowest BCUT2D eigenvalue weighted by Crippen LogP contribution is -2.45. The van der Waals surface area contributed by atoms with Crippen molar-refractivity contribution >= 4 is 11.6 Å². The van der Waals surface area contributed by atoms with Crippen molar-refractivity contribution < 1.29 is 4.79 Å². The summed E-state index contributed by atoms with van der Waals surface area (Å²) in [6.07, 6.45) is 2.45. The Balaban J connectivity index is 1.77. The molecule has 1 unspecified atom stereocenters. The van der Waals surface area contributed by atoms with E-state index in [1.807, 2.05) is 53.4 Å². The lowest BCUT2D eigenvalue weighted by Gasteiger charge is -2.34. The van der Waals surface area contributed by atoms with Crippen molar-refractivity contribution in [3.63, 3.8) is 0 Å². The van der Waals surface area contributed by atoms with E-state index in [1.165, 1.54) is 0 Å². The van der Waals surface area contributed by atoms with Crippen LogP contribution in [0.3, 0.4) is 0 Å². The minimum atomic E-state index is -0.00800. The summed E-state index contributed by atoms with van der Waals surface area (Å²) in [6, 6.07) is 22.2. The van der Waals surface area contributed by atoms with E-state index in [0.29, 0.717) is 13.0 Å². The van der Waals surface area contributed by atoms with Crippen molar-refractivity contribution in [1.29, 1.82) is 5.26 Å². The number of para-hydroxylation sites is 1. The van der Waals surface area contributed by atoms with E-state index < -0.39 is 0 Å². The Hall–Kier alpha value is -2.64. The maximum Gasteiger partial charge on any atom is 0.231 e. The molecule has 0 N–H and O–H groups in total. The number of piperidine rings is 1. The molecule has 0 bridgehead atoms. The first-order chi connectivity index (χ1) is 12.8. The number of anilines is 1. The molecule has 1 aliphatic rings. The van der Waals surface area contributed by atoms with Crippen LogP contribution in [-0.4, -0.2) is 30.4 Å². The molecular weight excluding hydrogens is 322 g/mol. The lowest BCUT2D eigenvalue weighted by molar-refractivity contribution is -0.124. The molecule has 0 saturated carbocycles. The maximum atomic E-state index is 13.4. The second-order valence-electron chi connectivity index (χ2n) is 6.79. The number of nitriles is 1. The van der Waals surface area contributed by atoms with Crippen LogP contribution in [0, 0.1) is 17.2 Å². The molecule has 1 saturated heterocycles. The van der Waals surface area contributed by atoms with E-state index in [9.17, 15) is 4.79 Å². The number of likely N-dealkylation sites (tertiary alicyclic amines) is 1. The highest BCUT2D eigenvalue weighted by Crippen LogP contribution is 2.24. The van der Waals surface area contributed by atoms with E-state index >= 15 is 0 Å². The zero-order chi connectivity index (χ0) is 18.2. The van der Waals surface area contributed by atoms with Crippen LogP contribution >= 0.6 is 0 Å². The van der Waals surface area contributed by atoms with Gasteiger partial charge in [0.05, 0.1) is 18.5 Å². The first kappa shape index (κ1) is 18.2. The number of hydrogen-bond acceptors (Lipinski definition) is 3. The second kappa shape index (κ2) is 9.17. The number of rotatable bonds is 6. The number of nitrogens with zero attached hydrogens (tertiary/aromatic N) is 3. The predicted octanol–water partition coefficient (Wildman–Crippen LogP) is 3.85. The molecular formula is C22H25N3O. The molecule has 1 heterocycles. The van der Waals surface area contributed by atoms with Crippen LogP contribution in [0.1, 0.15) is 24.8 Å². The topological polar surface area (TPSA) is 47.3 Å². The van der Waals surface area contributed by atoms with Crippen molar-refractivity contribution in [2.75, 3.05) is 24.5 Å². The zero-order valence-corrected chi connectivity index (χ0v) is 15.1. The van der Waals surface area contributed by atoms with Gasteiger partial charge < -0.3 is 9.80 Å². The Bertz CT molecular complexity index is 739. The molecule has 26 heavy (non-hydrogen) atoms. The molecule has 2 aromatic rings. The minimum absolute atomic E-state index is 0.00800. The first-order valence-corrected chi connectivity index (χ1v) is 9.27. The fraction of sp³-hybridized carbons (Fsp3) is 0.364. The van der Waals surface area contributed by atoms with Crippen molar-refractivity contribution in [2.45, 2.75) is 25.8 Å². The van der Waals surface area contributed by atoms with Crippen LogP contribution in [0.15, 0.2) is 60.7 Å². The molecule has 1 aliphatic heterocycles. The van der Waals surface area contributed by atoms with Gasteiger partial charge in [0.25, 0.3) is 0 Å². The highest BCUT2D eigenvalue weighted by molar-refractivity contribution is 5.95. The van der Waals surface area contributed by atoms with Crippen LogP contribution in [0.2, 0.25) is 0 Å². The molecule has 0 spiro atoms. The summed E-state index contributed by atoms with van der Waals surface area (Å²) >= 11 is 0. The summed E-state index contributed by atoms with van der Waals surface area (Å²) in [5.74, 6) is 0.174. The predicted molar refractivity (Wildman–Crippen MR) is 103 cm³/mol. The number of hydrogen-bond donors (Lipinski definition) is 0. The Labute approximate surface area is 155 Å². The van der Waals surface area contributed by atoms with Crippen LogP contribution in [0.4, 0.5) is 5.69 Å². The summed E-state index contributed by atoms with van der Waals surface area (Å²) in [5, 5.41) is 8.82. The van der Waals surface area contributed by atoms with Gasteiger partial charge in [0.1, 0.15) is 0 Å². The Morgan fingerprint density at radius 3 is 2.50 bits per heavy atom. The second-order valence-corrected chi connectivity index (χ2v) is 6.79. The molecule has 0 radical (unpaired) electrons. The molecule has 0 aliphatic carbocycles. The number of benzene rings is 2. The number of carbonyl (C=O) groups excluding carboxylic acids is 1. The summed E-state index contributed by atoms with van der Waals surface area (Å²) in [5.41, 5.74) is 2.07. The molecule has 4 heteroatoms. The molecule has 1 amide bonds. The van der Waals surface area contributed by atoms with Crippen molar-refractivity contribution in [1.82, 2.24) is 4.90 Å². The third kappa shape index (κ3) is 4.71. The van der Waals surface area contributed by atoms with E-state index in [1.54, 1.807) is 0 Å². The lowest BCUT2D eigenvalue weighted by atomic mass is 9.95. The SMILES string of the molecule is N#CCCN1CCCC(C(=O)N(Cc2ccccc2)c2ccccc2)C1. The molecule has 1 atom stereocenters. The number of amides is 1. The molecule has 1 fully saturated rings. The van der Waals surface area contributed by atoms with Crippen LogP contribution < -0.4 is 4.90 Å². The average molecular weight is 347 g/mol. The monoisotopic (exact) mass is 347 g/mol. The average Bonchev–Trinajstić information content (AvgIpc) is 2.71. The normalized spacial score (nSPS) is 17.4. The van der Waals surface area contributed by atoms with Gasteiger partial charge in [-0.3, -0.25) is 4.79 Å². The standard InChI is InChI=1S/C22H25N3O/c23-14-8-16-24-15-7-11-20(18-24)22(26)25(21-12-5-2-6-13-21)17-19-9-3-1-4-10-19/h1-6,9-10,12-13,20H,7-8,11,15-18H2. The Morgan fingerprint density at radius 1 is 1.12 bits per heavy atom. The van der Waals surface area contributed by atoms with Gasteiger partial charge in [-0.05, 0) is 37.1 Å².